The van der Waals surface area contributed by atoms with Gasteiger partial charge < -0.3 is 9.88 Å². The molecule has 134 valence electrons. The Bertz CT molecular complexity index is 1070. The number of fused-ring (bicyclic) bond motifs is 1. The lowest BCUT2D eigenvalue weighted by molar-refractivity contribution is 0.0931. The van der Waals surface area contributed by atoms with Crippen LogP contribution in [0.25, 0.3) is 16.9 Å². The summed E-state index contributed by atoms with van der Waals surface area (Å²) < 4.78 is 3.09. The number of hydrogen-bond donors (Lipinski definition) is 1. The Morgan fingerprint density at radius 3 is 2.73 bits per heavy atom. The fourth-order valence-electron chi connectivity index (χ4n) is 3.15. The molecule has 26 heavy (non-hydrogen) atoms. The van der Waals surface area contributed by atoms with E-state index in [0.717, 1.165) is 18.4 Å². The van der Waals surface area contributed by atoms with E-state index >= 15 is 0 Å². The van der Waals surface area contributed by atoms with E-state index in [9.17, 15) is 9.59 Å². The topological polar surface area (TPSA) is 68.4 Å². The van der Waals surface area contributed by atoms with Gasteiger partial charge in [-0.1, -0.05) is 29.8 Å². The molecular weight excluding hydrogens is 352 g/mol. The van der Waals surface area contributed by atoms with Crippen molar-refractivity contribution in [2.75, 3.05) is 0 Å². The number of halogens is 1. The Morgan fingerprint density at radius 2 is 2.04 bits per heavy atom. The highest BCUT2D eigenvalue weighted by Gasteiger charge is 2.29. The molecule has 1 aliphatic carbocycles. The minimum Gasteiger partial charge on any atom is -0.348 e. The largest absolute Gasteiger partial charge is 0.348 e. The predicted molar refractivity (Wildman–Crippen MR) is 101 cm³/mol. The number of hydrogen-bond acceptors (Lipinski definition) is 3. The summed E-state index contributed by atoms with van der Waals surface area (Å²) in [6, 6.07) is 7.45. The zero-order valence-corrected chi connectivity index (χ0v) is 15.3. The molecule has 1 atom stereocenters. The maximum atomic E-state index is 12.7. The summed E-state index contributed by atoms with van der Waals surface area (Å²) in [7, 11) is 1.67. The van der Waals surface area contributed by atoms with E-state index in [1.54, 1.807) is 29.9 Å². The molecule has 1 fully saturated rings. The van der Waals surface area contributed by atoms with E-state index in [2.05, 4.69) is 10.3 Å². The number of benzene rings is 1. The molecule has 2 aromatic heterocycles. The monoisotopic (exact) mass is 370 g/mol. The maximum Gasteiger partial charge on any atom is 0.294 e. The normalized spacial score (nSPS) is 15.2. The van der Waals surface area contributed by atoms with Crippen LogP contribution in [0.4, 0.5) is 0 Å². The van der Waals surface area contributed by atoms with E-state index in [4.69, 9.17) is 11.6 Å². The molecule has 0 unspecified atom stereocenters. The van der Waals surface area contributed by atoms with Crippen molar-refractivity contribution >= 4 is 23.2 Å². The van der Waals surface area contributed by atoms with Crippen LogP contribution in [-0.2, 0) is 7.05 Å². The lowest BCUT2D eigenvalue weighted by atomic mass is 10.1. The highest BCUT2D eigenvalue weighted by atomic mass is 35.5. The van der Waals surface area contributed by atoms with Gasteiger partial charge in [0, 0.05) is 36.1 Å². The van der Waals surface area contributed by atoms with Crippen molar-refractivity contribution < 1.29 is 4.79 Å². The maximum absolute atomic E-state index is 12.7. The number of amides is 1. The molecule has 0 spiro atoms. The summed E-state index contributed by atoms with van der Waals surface area (Å²) in [4.78, 5) is 29.4. The third-order valence-corrected chi connectivity index (χ3v) is 5.25. The lowest BCUT2D eigenvalue weighted by Gasteiger charge is -2.10. The van der Waals surface area contributed by atoms with Crippen LogP contribution >= 0.6 is 11.6 Å². The van der Waals surface area contributed by atoms with Gasteiger partial charge in [0.05, 0.1) is 5.69 Å². The van der Waals surface area contributed by atoms with Crippen LogP contribution in [-0.4, -0.2) is 25.9 Å². The molecule has 1 N–H and O–H groups in total. The van der Waals surface area contributed by atoms with Gasteiger partial charge in [0.15, 0.2) is 0 Å². The van der Waals surface area contributed by atoms with E-state index in [0.29, 0.717) is 16.6 Å². The van der Waals surface area contributed by atoms with Crippen LogP contribution in [0.15, 0.2) is 41.5 Å². The number of rotatable bonds is 4. The molecule has 1 saturated carbocycles. The van der Waals surface area contributed by atoms with Crippen LogP contribution in [0.2, 0.25) is 5.02 Å². The molecule has 1 aromatic carbocycles. The highest BCUT2D eigenvalue weighted by Crippen LogP contribution is 2.32. The summed E-state index contributed by atoms with van der Waals surface area (Å²) in [6.45, 7) is 2.00. The van der Waals surface area contributed by atoms with Crippen LogP contribution < -0.4 is 10.9 Å². The first-order chi connectivity index (χ1) is 12.5. The van der Waals surface area contributed by atoms with Crippen molar-refractivity contribution in [3.63, 3.8) is 0 Å². The summed E-state index contributed by atoms with van der Waals surface area (Å²) in [5.74, 6) is 0.296. The number of nitrogens with zero attached hydrogens (tertiary/aromatic N) is 3. The first-order valence-electron chi connectivity index (χ1n) is 8.60. The summed E-state index contributed by atoms with van der Waals surface area (Å²) in [5, 5.41) is 3.52. The zero-order chi connectivity index (χ0) is 18.4. The van der Waals surface area contributed by atoms with Crippen molar-refractivity contribution in [1.82, 2.24) is 19.3 Å². The van der Waals surface area contributed by atoms with Crippen molar-refractivity contribution in [2.24, 2.45) is 13.0 Å². The first kappa shape index (κ1) is 16.8. The lowest BCUT2D eigenvalue weighted by Crippen LogP contribution is -2.34. The van der Waals surface area contributed by atoms with Gasteiger partial charge in [0.25, 0.3) is 11.5 Å². The van der Waals surface area contributed by atoms with E-state index in [1.807, 2.05) is 25.1 Å². The summed E-state index contributed by atoms with van der Waals surface area (Å²) in [5.41, 5.74) is 1.58. The SMILES string of the molecule is C[C@H](NC(=O)c1cn2cc(-c3ccccc3Cl)n(C)c(=O)c2n1)C1CC1. The fourth-order valence-corrected chi connectivity index (χ4v) is 3.38. The summed E-state index contributed by atoms with van der Waals surface area (Å²) >= 11 is 6.28. The quantitative estimate of drug-likeness (QED) is 0.767. The van der Waals surface area contributed by atoms with E-state index < -0.39 is 0 Å². The van der Waals surface area contributed by atoms with Gasteiger partial charge in [-0.05, 0) is 31.7 Å². The van der Waals surface area contributed by atoms with Gasteiger partial charge >= 0.3 is 0 Å². The van der Waals surface area contributed by atoms with Crippen LogP contribution in [0.5, 0.6) is 0 Å². The first-order valence-corrected chi connectivity index (χ1v) is 8.98. The van der Waals surface area contributed by atoms with Gasteiger partial charge in [-0.3, -0.25) is 14.0 Å². The van der Waals surface area contributed by atoms with Crippen LogP contribution in [0.3, 0.4) is 0 Å². The van der Waals surface area contributed by atoms with Crippen molar-refractivity contribution in [3.05, 3.63) is 57.7 Å². The standard InChI is InChI=1S/C19H19ClN4O2/c1-11(12-7-8-12)21-18(25)15-9-24-10-16(13-5-3-4-6-14(13)20)23(2)19(26)17(24)22-15/h3-6,9-12H,7-8H2,1-2H3,(H,21,25)/t11-/m0/s1. The highest BCUT2D eigenvalue weighted by molar-refractivity contribution is 6.33. The number of carbonyl (C=O) groups is 1. The van der Waals surface area contributed by atoms with Crippen molar-refractivity contribution in [1.29, 1.82) is 0 Å². The zero-order valence-electron chi connectivity index (χ0n) is 14.6. The molecule has 1 amide bonds. The van der Waals surface area contributed by atoms with E-state index in [-0.39, 0.29) is 28.8 Å². The second-order valence-electron chi connectivity index (χ2n) is 6.81. The van der Waals surface area contributed by atoms with Crippen molar-refractivity contribution in [2.45, 2.75) is 25.8 Å². The molecule has 7 heteroatoms. The molecule has 4 rings (SSSR count). The molecule has 0 radical (unpaired) electrons. The van der Waals surface area contributed by atoms with Gasteiger partial charge in [-0.15, -0.1) is 0 Å². The molecule has 2 heterocycles. The minimum absolute atomic E-state index is 0.119. The van der Waals surface area contributed by atoms with Gasteiger partial charge in [-0.2, -0.15) is 0 Å². The molecule has 1 aliphatic rings. The van der Waals surface area contributed by atoms with Crippen LogP contribution in [0, 0.1) is 5.92 Å². The number of nitrogens with one attached hydrogen (secondary N) is 1. The minimum atomic E-state index is -0.281. The summed E-state index contributed by atoms with van der Waals surface area (Å²) in [6.07, 6.45) is 5.65. The van der Waals surface area contributed by atoms with E-state index in [1.165, 1.54) is 4.57 Å². The Kier molecular flexibility index (Phi) is 4.07. The molecule has 6 nitrogen and oxygen atoms in total. The Hall–Kier alpha value is -2.60. The number of imidazole rings is 1. The van der Waals surface area contributed by atoms with Crippen LogP contribution in [0.1, 0.15) is 30.3 Å². The van der Waals surface area contributed by atoms with Gasteiger partial charge in [0.2, 0.25) is 5.65 Å². The third-order valence-electron chi connectivity index (χ3n) is 4.92. The Labute approximate surface area is 155 Å². The Morgan fingerprint density at radius 1 is 1.31 bits per heavy atom. The number of aromatic nitrogens is 3. The molecule has 0 saturated heterocycles. The van der Waals surface area contributed by atoms with Gasteiger partial charge in [-0.25, -0.2) is 4.98 Å². The van der Waals surface area contributed by atoms with Gasteiger partial charge in [0.1, 0.15) is 5.69 Å². The predicted octanol–water partition coefficient (Wildman–Crippen LogP) is 2.88. The molecular formula is C19H19ClN4O2. The third kappa shape index (κ3) is 2.90. The Balaban J connectivity index is 1.76. The second kappa shape index (κ2) is 6.29. The molecule has 0 bridgehead atoms. The molecule has 0 aliphatic heterocycles. The number of carbonyl (C=O) groups excluding carboxylic acids is 1. The fraction of sp³-hybridized carbons (Fsp3) is 0.316. The van der Waals surface area contributed by atoms with Crippen molar-refractivity contribution in [3.8, 4) is 11.3 Å². The second-order valence-corrected chi connectivity index (χ2v) is 7.22. The average Bonchev–Trinajstić information content (AvgIpc) is 3.38. The molecule has 3 aromatic rings. The average molecular weight is 371 g/mol. The smallest absolute Gasteiger partial charge is 0.294 e.